The molecule has 1 aromatic heterocycles. The lowest BCUT2D eigenvalue weighted by atomic mass is 10.2. The molecule has 2 rings (SSSR count). The number of hydrogen-bond donors (Lipinski definition) is 2. The molecule has 0 bridgehead atoms. The first-order valence-electron chi connectivity index (χ1n) is 4.65. The first-order valence-corrected chi connectivity index (χ1v) is 5.89. The molecule has 0 spiro atoms. The minimum atomic E-state index is -0.290. The monoisotopic (exact) mass is 264 g/mol. The zero-order valence-corrected chi connectivity index (χ0v) is 10.2. The average molecular weight is 264 g/mol. The van der Waals surface area contributed by atoms with Crippen molar-refractivity contribution in [3.63, 3.8) is 0 Å². The minimum absolute atomic E-state index is 0.290. The number of thiocarbonyl (C=S) groups is 1. The molecule has 0 aliphatic rings. The highest BCUT2D eigenvalue weighted by atomic mass is 32.1. The van der Waals surface area contributed by atoms with Gasteiger partial charge in [-0.05, 0) is 35.8 Å². The van der Waals surface area contributed by atoms with Crippen molar-refractivity contribution in [1.82, 2.24) is 9.59 Å². The molecule has 0 atom stereocenters. The summed E-state index contributed by atoms with van der Waals surface area (Å²) < 4.78 is 3.62. The highest BCUT2D eigenvalue weighted by molar-refractivity contribution is 7.80. The van der Waals surface area contributed by atoms with Gasteiger partial charge in [0, 0.05) is 16.6 Å². The van der Waals surface area contributed by atoms with Crippen LogP contribution in [0.4, 0.5) is 5.69 Å². The maximum absolute atomic E-state index is 11.6. The molecule has 0 saturated heterocycles. The normalized spacial score (nSPS) is 9.88. The highest BCUT2D eigenvalue weighted by Crippen LogP contribution is 2.11. The van der Waals surface area contributed by atoms with E-state index in [1.165, 1.54) is 0 Å². The van der Waals surface area contributed by atoms with E-state index in [0.29, 0.717) is 16.4 Å². The molecule has 0 aliphatic carbocycles. The standard InChI is InChI=1S/C10H8N4OS2/c11-9(16)6-1-3-7(4-2-6)12-10(15)8-5-17-14-13-8/h1-5H,(H2,11,16)(H,12,15). The highest BCUT2D eigenvalue weighted by Gasteiger charge is 2.08. The van der Waals surface area contributed by atoms with Crippen LogP contribution >= 0.6 is 23.8 Å². The Labute approximate surface area is 107 Å². The Kier molecular flexibility index (Phi) is 3.40. The molecule has 0 unspecified atom stereocenters. The van der Waals surface area contributed by atoms with Gasteiger partial charge in [0.05, 0.1) is 0 Å². The molecular formula is C10H8N4OS2. The summed E-state index contributed by atoms with van der Waals surface area (Å²) in [5, 5.41) is 7.95. The van der Waals surface area contributed by atoms with E-state index in [0.717, 1.165) is 17.1 Å². The summed E-state index contributed by atoms with van der Waals surface area (Å²) in [7, 11) is 0. The molecule has 3 N–H and O–H groups in total. The number of aromatic nitrogens is 2. The van der Waals surface area contributed by atoms with E-state index < -0.39 is 0 Å². The number of amides is 1. The van der Waals surface area contributed by atoms with E-state index in [2.05, 4.69) is 14.9 Å². The second kappa shape index (κ2) is 4.98. The number of carbonyl (C=O) groups excluding carboxylic acids is 1. The van der Waals surface area contributed by atoms with Crippen LogP contribution in [0.3, 0.4) is 0 Å². The third kappa shape index (κ3) is 2.83. The summed E-state index contributed by atoms with van der Waals surface area (Å²) in [6, 6.07) is 6.95. The van der Waals surface area contributed by atoms with E-state index >= 15 is 0 Å². The number of nitrogens with one attached hydrogen (secondary N) is 1. The Morgan fingerprint density at radius 1 is 1.35 bits per heavy atom. The molecule has 0 saturated carbocycles. The quantitative estimate of drug-likeness (QED) is 0.820. The number of nitrogens with zero attached hydrogens (tertiary/aromatic N) is 2. The number of hydrogen-bond acceptors (Lipinski definition) is 5. The minimum Gasteiger partial charge on any atom is -0.389 e. The summed E-state index contributed by atoms with van der Waals surface area (Å²) in [5.41, 5.74) is 7.18. The van der Waals surface area contributed by atoms with Crippen LogP contribution in [-0.4, -0.2) is 20.5 Å². The Bertz CT molecular complexity index is 536. The molecule has 7 heteroatoms. The molecule has 5 nitrogen and oxygen atoms in total. The Morgan fingerprint density at radius 2 is 2.06 bits per heavy atom. The van der Waals surface area contributed by atoms with Crippen molar-refractivity contribution in [2.24, 2.45) is 5.73 Å². The third-order valence-electron chi connectivity index (χ3n) is 2.02. The third-order valence-corrected chi connectivity index (χ3v) is 2.76. The van der Waals surface area contributed by atoms with Gasteiger partial charge < -0.3 is 11.1 Å². The Balaban J connectivity index is 2.09. The molecule has 1 heterocycles. The molecule has 17 heavy (non-hydrogen) atoms. The second-order valence-corrected chi connectivity index (χ2v) is 4.24. The van der Waals surface area contributed by atoms with Crippen molar-refractivity contribution in [2.45, 2.75) is 0 Å². The van der Waals surface area contributed by atoms with Crippen LogP contribution in [0, 0.1) is 0 Å². The van der Waals surface area contributed by atoms with Crippen LogP contribution in [0.1, 0.15) is 16.1 Å². The fourth-order valence-corrected chi connectivity index (χ4v) is 1.75. The molecule has 1 amide bonds. The van der Waals surface area contributed by atoms with Crippen LogP contribution < -0.4 is 11.1 Å². The zero-order chi connectivity index (χ0) is 12.3. The van der Waals surface area contributed by atoms with Gasteiger partial charge in [-0.1, -0.05) is 16.7 Å². The van der Waals surface area contributed by atoms with Gasteiger partial charge in [0.15, 0.2) is 5.69 Å². The van der Waals surface area contributed by atoms with Gasteiger partial charge in [-0.2, -0.15) is 0 Å². The van der Waals surface area contributed by atoms with Crippen molar-refractivity contribution in [1.29, 1.82) is 0 Å². The van der Waals surface area contributed by atoms with Gasteiger partial charge in [0.25, 0.3) is 5.91 Å². The van der Waals surface area contributed by atoms with Gasteiger partial charge in [-0.15, -0.1) is 5.10 Å². The predicted molar refractivity (Wildman–Crippen MR) is 70.2 cm³/mol. The van der Waals surface area contributed by atoms with Gasteiger partial charge in [-0.3, -0.25) is 4.79 Å². The van der Waals surface area contributed by atoms with Gasteiger partial charge in [0.2, 0.25) is 0 Å². The fraction of sp³-hybridized carbons (Fsp3) is 0. The van der Waals surface area contributed by atoms with Gasteiger partial charge in [-0.25, -0.2) is 0 Å². The smallest absolute Gasteiger partial charge is 0.277 e. The lowest BCUT2D eigenvalue weighted by Crippen LogP contribution is -2.13. The summed E-state index contributed by atoms with van der Waals surface area (Å²) in [5.74, 6) is -0.290. The maximum atomic E-state index is 11.6. The van der Waals surface area contributed by atoms with Gasteiger partial charge in [0.1, 0.15) is 4.99 Å². The second-order valence-electron chi connectivity index (χ2n) is 3.19. The van der Waals surface area contributed by atoms with Crippen LogP contribution in [-0.2, 0) is 0 Å². The molecular weight excluding hydrogens is 256 g/mol. The first-order chi connectivity index (χ1) is 8.16. The van der Waals surface area contributed by atoms with Crippen molar-refractivity contribution in [3.05, 3.63) is 40.9 Å². The van der Waals surface area contributed by atoms with E-state index in [1.54, 1.807) is 29.6 Å². The molecule has 0 aliphatic heterocycles. The molecule has 1 aromatic carbocycles. The number of carbonyl (C=O) groups is 1. The zero-order valence-electron chi connectivity index (χ0n) is 8.58. The Hall–Kier alpha value is -1.86. The van der Waals surface area contributed by atoms with Crippen LogP contribution in [0.15, 0.2) is 29.6 Å². The molecule has 86 valence electrons. The number of nitrogens with two attached hydrogens (primary N) is 1. The van der Waals surface area contributed by atoms with Crippen LogP contribution in [0.5, 0.6) is 0 Å². The van der Waals surface area contributed by atoms with E-state index in [9.17, 15) is 4.79 Å². The summed E-state index contributed by atoms with van der Waals surface area (Å²) in [6.45, 7) is 0. The molecule has 0 fully saturated rings. The lowest BCUT2D eigenvalue weighted by molar-refractivity contribution is 0.102. The van der Waals surface area contributed by atoms with Crippen molar-refractivity contribution in [2.75, 3.05) is 5.32 Å². The topological polar surface area (TPSA) is 80.9 Å². The SMILES string of the molecule is NC(=S)c1ccc(NC(=O)c2csnn2)cc1. The van der Waals surface area contributed by atoms with E-state index in [1.807, 2.05) is 0 Å². The van der Waals surface area contributed by atoms with Crippen molar-refractivity contribution >= 4 is 40.3 Å². The molecule has 2 aromatic rings. The van der Waals surface area contributed by atoms with Crippen LogP contribution in [0.2, 0.25) is 0 Å². The first kappa shape index (κ1) is 11.6. The average Bonchev–Trinajstić information content (AvgIpc) is 2.83. The summed E-state index contributed by atoms with van der Waals surface area (Å²) >= 11 is 5.96. The molecule has 0 radical (unpaired) electrons. The van der Waals surface area contributed by atoms with E-state index in [-0.39, 0.29) is 5.91 Å². The maximum Gasteiger partial charge on any atom is 0.277 e. The van der Waals surface area contributed by atoms with Crippen molar-refractivity contribution < 1.29 is 4.79 Å². The van der Waals surface area contributed by atoms with Crippen LogP contribution in [0.25, 0.3) is 0 Å². The fourth-order valence-electron chi connectivity index (χ4n) is 1.18. The summed E-state index contributed by atoms with van der Waals surface area (Å²) in [4.78, 5) is 12.0. The lowest BCUT2D eigenvalue weighted by Gasteiger charge is -2.03. The Morgan fingerprint density at radius 3 is 2.59 bits per heavy atom. The summed E-state index contributed by atoms with van der Waals surface area (Å²) in [6.07, 6.45) is 0. The number of anilines is 1. The van der Waals surface area contributed by atoms with Gasteiger partial charge >= 0.3 is 0 Å². The van der Waals surface area contributed by atoms with Crippen molar-refractivity contribution in [3.8, 4) is 0 Å². The number of benzene rings is 1. The predicted octanol–water partition coefficient (Wildman–Crippen LogP) is 1.42. The van der Waals surface area contributed by atoms with E-state index in [4.69, 9.17) is 18.0 Å². The number of rotatable bonds is 3. The largest absolute Gasteiger partial charge is 0.389 e.